The predicted molar refractivity (Wildman–Crippen MR) is 145 cm³/mol. The molecule has 1 unspecified atom stereocenters. The number of benzene rings is 2. The van der Waals surface area contributed by atoms with Gasteiger partial charge in [0.15, 0.2) is 11.6 Å². The highest BCUT2D eigenvalue weighted by atomic mass is 32.2. The Kier molecular flexibility index (Phi) is 3.38. The van der Waals surface area contributed by atoms with Gasteiger partial charge in [-0.25, -0.2) is 31.0 Å². The van der Waals surface area contributed by atoms with E-state index in [0.717, 1.165) is 38.1 Å². The van der Waals surface area contributed by atoms with Crippen LogP contribution in [0.2, 0.25) is 0 Å². The average molecular weight is 585 g/mol. The van der Waals surface area contributed by atoms with Gasteiger partial charge in [0.25, 0.3) is 0 Å². The lowest BCUT2D eigenvalue weighted by Crippen LogP contribution is -2.25. The number of sulfone groups is 1. The summed E-state index contributed by atoms with van der Waals surface area (Å²) in [5.74, 6) is -10.7. The van der Waals surface area contributed by atoms with Crippen LogP contribution in [-0.2, 0) is 9.84 Å². The maximum Gasteiger partial charge on any atom is 0.339 e. The Bertz CT molecular complexity index is 2350. The Morgan fingerprint density at radius 3 is 2.52 bits per heavy atom. The van der Waals surface area contributed by atoms with Crippen LogP contribution in [0.3, 0.4) is 0 Å². The van der Waals surface area contributed by atoms with E-state index in [1.807, 2.05) is 0 Å². The van der Waals surface area contributed by atoms with Gasteiger partial charge in [-0.3, -0.25) is 0 Å². The number of aromatic carboxylic acids is 1. The number of nitrogens with zero attached hydrogens (tertiary/aromatic N) is 2. The third-order valence-corrected chi connectivity index (χ3v) is 8.43. The molecule has 0 bridgehead atoms. The van der Waals surface area contributed by atoms with Gasteiger partial charge in [-0.15, -0.1) is 0 Å². The second kappa shape index (κ2) is 9.47. The Labute approximate surface area is 251 Å². The van der Waals surface area contributed by atoms with Gasteiger partial charge in [0.2, 0.25) is 15.5 Å². The highest BCUT2D eigenvalue weighted by Gasteiger charge is 2.41. The molecule has 0 spiro atoms. The Morgan fingerprint density at radius 2 is 1.88 bits per heavy atom. The summed E-state index contributed by atoms with van der Waals surface area (Å²) in [6.07, 6.45) is -8.36. The van der Waals surface area contributed by atoms with Gasteiger partial charge in [-0.2, -0.15) is 0 Å². The quantitative estimate of drug-likeness (QED) is 0.394. The molecular formula is C30H28F3N2O4S+. The van der Waals surface area contributed by atoms with Crippen LogP contribution in [0.1, 0.15) is 73.7 Å². The summed E-state index contributed by atoms with van der Waals surface area (Å²) in [4.78, 5) is 10.5. The molecule has 0 amide bonds. The number of hydrogen-bond acceptors (Lipinski definition) is 4. The van der Waals surface area contributed by atoms with E-state index in [0.29, 0.717) is 12.1 Å². The molecule has 10 heteroatoms. The molecule has 1 N–H and O–H groups in total. The van der Waals surface area contributed by atoms with Crippen molar-refractivity contribution in [1.82, 2.24) is 0 Å². The predicted octanol–water partition coefficient (Wildman–Crippen LogP) is 5.25. The molecule has 0 aromatic heterocycles. The van der Waals surface area contributed by atoms with Gasteiger partial charge >= 0.3 is 5.97 Å². The van der Waals surface area contributed by atoms with Crippen LogP contribution in [-0.4, -0.2) is 55.8 Å². The van der Waals surface area contributed by atoms with Crippen molar-refractivity contribution in [2.75, 3.05) is 30.9 Å². The van der Waals surface area contributed by atoms with E-state index in [-0.39, 0.29) is 9.48 Å². The lowest BCUT2D eigenvalue weighted by atomic mass is 9.85. The molecule has 40 heavy (non-hydrogen) atoms. The first-order valence-corrected chi connectivity index (χ1v) is 13.0. The fourth-order valence-electron chi connectivity index (χ4n) is 4.72. The van der Waals surface area contributed by atoms with Crippen LogP contribution < -0.4 is 4.90 Å². The molecule has 1 aliphatic carbocycles. The second-order valence-electron chi connectivity index (χ2n) is 8.98. The van der Waals surface area contributed by atoms with Crippen molar-refractivity contribution in [1.29, 1.82) is 0 Å². The number of allylic oxidation sites excluding steroid dienone is 4. The monoisotopic (exact) mass is 584 g/mol. The van der Waals surface area contributed by atoms with E-state index >= 15 is 8.78 Å². The van der Waals surface area contributed by atoms with Crippen molar-refractivity contribution >= 4 is 32.8 Å². The zero-order valence-electron chi connectivity index (χ0n) is 35.6. The molecule has 3 heterocycles. The summed E-state index contributed by atoms with van der Waals surface area (Å²) in [7, 11) is -5.21. The highest BCUT2D eigenvalue weighted by molar-refractivity contribution is 7.95. The van der Waals surface area contributed by atoms with Crippen LogP contribution in [0, 0.1) is 30.3 Å². The molecule has 208 valence electrons. The molecule has 6 rings (SSSR count). The van der Waals surface area contributed by atoms with E-state index < -0.39 is 139 Å². The summed E-state index contributed by atoms with van der Waals surface area (Å²) >= 11 is 0. The third-order valence-electron chi connectivity index (χ3n) is 6.60. The van der Waals surface area contributed by atoms with E-state index in [9.17, 15) is 22.7 Å². The van der Waals surface area contributed by atoms with Crippen LogP contribution in [0.5, 0.6) is 0 Å². The number of carbonyl (C=O) groups is 1. The lowest BCUT2D eigenvalue weighted by Gasteiger charge is -2.29. The molecule has 2 aromatic carbocycles. The van der Waals surface area contributed by atoms with E-state index in [1.54, 1.807) is 0 Å². The number of carboxylic acid groups (broad SMARTS) is 1. The van der Waals surface area contributed by atoms with Crippen LogP contribution in [0.15, 0.2) is 51.8 Å². The molecule has 2 aromatic rings. The average Bonchev–Trinajstić information content (AvgIpc) is 3.17. The van der Waals surface area contributed by atoms with Gasteiger partial charge in [0, 0.05) is 86.5 Å². The molecule has 0 saturated carbocycles. The maximum atomic E-state index is 16.2. The van der Waals surface area contributed by atoms with Crippen LogP contribution in [0.4, 0.5) is 18.9 Å². The molecule has 1 atom stereocenters. The summed E-state index contributed by atoms with van der Waals surface area (Å²) < 4.78 is 201. The minimum absolute atomic E-state index is 0.00312. The van der Waals surface area contributed by atoms with Crippen molar-refractivity contribution in [3.05, 3.63) is 86.6 Å². The minimum atomic E-state index is -5.21. The molecule has 2 fully saturated rings. The summed E-state index contributed by atoms with van der Waals surface area (Å²) in [6, 6.07) is 2.26. The zero-order chi connectivity index (χ0) is 42.0. The van der Waals surface area contributed by atoms with Crippen LogP contribution in [0.25, 0.3) is 5.57 Å². The van der Waals surface area contributed by atoms with E-state index in [2.05, 4.69) is 0 Å². The smallest absolute Gasteiger partial charge is 0.339 e. The first kappa shape index (κ1) is 14.3. The van der Waals surface area contributed by atoms with Crippen molar-refractivity contribution in [2.45, 2.75) is 37.9 Å². The van der Waals surface area contributed by atoms with Gasteiger partial charge < -0.3 is 10.0 Å². The topological polar surface area (TPSA) is 77.7 Å². The summed E-state index contributed by atoms with van der Waals surface area (Å²) in [6.45, 7) is -12.2. The van der Waals surface area contributed by atoms with Crippen molar-refractivity contribution < 1.29 is 56.6 Å². The number of rotatable bonds is 3. The van der Waals surface area contributed by atoms with Gasteiger partial charge in [0.1, 0.15) is 29.9 Å². The largest absolute Gasteiger partial charge is 0.478 e. The van der Waals surface area contributed by atoms with E-state index in [4.69, 9.17) is 20.6 Å². The van der Waals surface area contributed by atoms with Crippen molar-refractivity contribution in [3.8, 4) is 0 Å². The Morgan fingerprint density at radius 1 is 1.15 bits per heavy atom. The maximum absolute atomic E-state index is 16.2. The van der Waals surface area contributed by atoms with Crippen molar-refractivity contribution in [2.24, 2.45) is 5.89 Å². The Balaban J connectivity index is 1.78. The molecule has 4 aliphatic rings. The number of hydrogen-bond donors (Lipinski definition) is 1. The fraction of sp³-hybridized carbons (Fsp3) is 0.333. The SMILES string of the molecule is [2H]C1([2H])N(c2ccc3c(c2)S(=O)(=O)C2=CC(=[N+]4C([2H])([2H])C([2H])([2H])C([2H])([2H])C4([2H])[2H])C=CC2=C3c2c(F)c(C)c(F)c(F)c2C(=O)O)C([2H])([2H])C([2H])(C)C1([2H])[2H]. The molecule has 0 radical (unpaired) electrons. The third kappa shape index (κ3) is 3.95. The first-order chi connectivity index (χ1) is 24.6. The van der Waals surface area contributed by atoms with Gasteiger partial charge in [-0.05, 0) is 37.4 Å². The molecule has 6 nitrogen and oxygen atoms in total. The minimum Gasteiger partial charge on any atom is -0.478 e. The number of fused-ring (bicyclic) bond motifs is 2. The fourth-order valence-corrected chi connectivity index (χ4v) is 6.43. The van der Waals surface area contributed by atoms with E-state index in [1.165, 1.54) is 0 Å². The highest BCUT2D eigenvalue weighted by Crippen LogP contribution is 2.48. The first-order valence-electron chi connectivity index (χ1n) is 19.1. The zero-order valence-corrected chi connectivity index (χ0v) is 21.4. The number of carboxylic acids is 1. The molecule has 3 aliphatic heterocycles. The normalized spacial score (nSPS) is 37.8. The second-order valence-corrected chi connectivity index (χ2v) is 10.9. The Hall–Kier alpha value is -3.66. The van der Waals surface area contributed by atoms with Gasteiger partial charge in [0.05, 0.1) is 9.80 Å². The standard InChI is InChI=1S/C30H27F3N2O4S/c1-16-9-12-35(15-16)19-6-8-21-23(14-19)40(38,39)22-13-18(34-10-3-4-11-34)5-7-20(22)24(21)25-26(30(36)37)29(33)28(32)17(2)27(25)31/h5-8,13-14,16H,3-4,9-12,15H2,1-2H3/p+1/i3D2,4D2,9D2,10D2,11D2,12D2,15D2,16D. The lowest BCUT2D eigenvalue weighted by molar-refractivity contribution is -0.504. The van der Waals surface area contributed by atoms with Gasteiger partial charge in [-0.1, -0.05) is 13.0 Å². The summed E-state index contributed by atoms with van der Waals surface area (Å²) in [5, 5.41) is 10.0. The molecule has 2 saturated heterocycles. The summed E-state index contributed by atoms with van der Waals surface area (Å²) in [5.41, 5.74) is -7.47. The molecular weight excluding hydrogens is 541 g/mol. The number of halogens is 3. The number of anilines is 1. The van der Waals surface area contributed by atoms with Crippen LogP contribution >= 0.6 is 0 Å². The van der Waals surface area contributed by atoms with Crippen molar-refractivity contribution in [3.63, 3.8) is 0 Å².